The van der Waals surface area contributed by atoms with E-state index < -0.39 is 6.04 Å². The fraction of sp³-hybridized carbons (Fsp3) is 0.474. The van der Waals surface area contributed by atoms with E-state index in [0.29, 0.717) is 18.3 Å². The number of guanidine groups is 1. The van der Waals surface area contributed by atoms with Crippen LogP contribution in [0, 0.1) is 0 Å². The number of aryl methyl sites for hydroxylation is 1. The van der Waals surface area contributed by atoms with Gasteiger partial charge in [-0.25, -0.2) is 9.37 Å². The van der Waals surface area contributed by atoms with Crippen LogP contribution in [0.3, 0.4) is 0 Å². The van der Waals surface area contributed by atoms with Crippen LogP contribution in [-0.4, -0.2) is 71.3 Å². The summed E-state index contributed by atoms with van der Waals surface area (Å²) in [5.74, 6) is 0.972. The van der Waals surface area contributed by atoms with E-state index in [0.717, 1.165) is 25.8 Å². The molecule has 1 N–H and O–H groups in total. The molecule has 26 heavy (non-hydrogen) atoms. The summed E-state index contributed by atoms with van der Waals surface area (Å²) in [7, 11) is 3.19. The molecule has 1 unspecified atom stereocenters. The Morgan fingerprint density at radius 2 is 1.88 bits per heavy atom. The minimum absolute atomic E-state index is 0.222. The predicted molar refractivity (Wildman–Crippen MR) is 100 cm³/mol. The van der Waals surface area contributed by atoms with Crippen LogP contribution in [-0.2, 0) is 11.2 Å². The Labute approximate surface area is 154 Å². The molecule has 138 valence electrons. The van der Waals surface area contributed by atoms with Crippen LogP contribution in [0.2, 0.25) is 0 Å². The second kappa shape index (κ2) is 7.68. The van der Waals surface area contributed by atoms with Crippen LogP contribution in [0.25, 0.3) is 0 Å². The number of amides is 3. The van der Waals surface area contributed by atoms with Gasteiger partial charge in [-0.05, 0) is 24.8 Å². The van der Waals surface area contributed by atoms with Gasteiger partial charge in [0.1, 0.15) is 0 Å². The Kier molecular flexibility index (Phi) is 5.35. The number of amidine groups is 1. The summed E-state index contributed by atoms with van der Waals surface area (Å²) in [5, 5.41) is 3.30. The van der Waals surface area contributed by atoms with Gasteiger partial charge in [-0.15, -0.1) is 0 Å². The number of carbonyl (C=O) groups is 2. The van der Waals surface area contributed by atoms with Crippen molar-refractivity contribution in [2.45, 2.75) is 32.2 Å². The molecule has 1 atom stereocenters. The molecule has 0 spiro atoms. The molecule has 7 nitrogen and oxygen atoms in total. The summed E-state index contributed by atoms with van der Waals surface area (Å²) in [6.07, 6.45) is 2.79. The fourth-order valence-corrected chi connectivity index (χ4v) is 3.31. The Balaban J connectivity index is 1.80. The summed E-state index contributed by atoms with van der Waals surface area (Å²) in [5.41, 5.74) is 1.27. The monoisotopic (exact) mass is 356 g/mol. The molecule has 2 heterocycles. The maximum Gasteiger partial charge on any atom is 0.390 e. The number of fused-ring (bicyclic) bond motifs is 1. The smallest absolute Gasteiger partial charge is 0.275 e. The Morgan fingerprint density at radius 1 is 1.15 bits per heavy atom. The summed E-state index contributed by atoms with van der Waals surface area (Å²) in [6.45, 7) is 3.55. The van der Waals surface area contributed by atoms with Crippen molar-refractivity contribution in [2.75, 3.05) is 27.2 Å². The number of nitrogens with one attached hydrogen (secondary N) is 1. The number of urea groups is 1. The number of imide groups is 1. The van der Waals surface area contributed by atoms with E-state index in [4.69, 9.17) is 0 Å². The third-order valence-electron chi connectivity index (χ3n) is 4.77. The van der Waals surface area contributed by atoms with Crippen molar-refractivity contribution in [3.05, 3.63) is 35.9 Å². The molecule has 0 bridgehead atoms. The standard InChI is InChI=1S/C19H25N5O2/c1-4-12-20-18-21-16-15(17(25)23(3)19(26)22(16)2)24(18)13-8-11-14-9-6-5-7-10-14/h5-7,9-10,15H,4,8,11-13H2,1-3H3/p+1. The van der Waals surface area contributed by atoms with Crippen molar-refractivity contribution in [3.8, 4) is 0 Å². The van der Waals surface area contributed by atoms with Crippen molar-refractivity contribution in [3.63, 3.8) is 0 Å². The molecule has 1 fully saturated rings. The van der Waals surface area contributed by atoms with E-state index in [-0.39, 0.29) is 11.9 Å². The molecule has 2 aliphatic heterocycles. The van der Waals surface area contributed by atoms with Gasteiger partial charge in [-0.3, -0.25) is 19.9 Å². The normalized spacial score (nSPS) is 19.8. The minimum Gasteiger partial charge on any atom is -0.275 e. The third kappa shape index (κ3) is 3.34. The first kappa shape index (κ1) is 18.1. The first-order valence-electron chi connectivity index (χ1n) is 9.09. The van der Waals surface area contributed by atoms with Gasteiger partial charge in [0.25, 0.3) is 5.91 Å². The van der Waals surface area contributed by atoms with Crippen molar-refractivity contribution in [1.82, 2.24) is 15.1 Å². The number of hydrogen-bond donors (Lipinski definition) is 1. The number of aliphatic imine (C=N–C) groups is 1. The molecular formula is C19H26N5O2+. The Bertz CT molecular complexity index is 756. The van der Waals surface area contributed by atoms with Gasteiger partial charge >= 0.3 is 12.0 Å². The maximum atomic E-state index is 12.7. The van der Waals surface area contributed by atoms with Crippen molar-refractivity contribution in [2.24, 2.45) is 4.99 Å². The highest BCUT2D eigenvalue weighted by Crippen LogP contribution is 2.19. The van der Waals surface area contributed by atoms with Crippen LogP contribution in [0.1, 0.15) is 25.3 Å². The molecule has 3 amide bonds. The molecule has 0 saturated carbocycles. The predicted octanol–water partition coefficient (Wildman–Crippen LogP) is 1.29. The average Bonchev–Trinajstić information content (AvgIpc) is 3.02. The van der Waals surface area contributed by atoms with E-state index in [1.165, 1.54) is 22.4 Å². The van der Waals surface area contributed by atoms with Gasteiger partial charge in [0.15, 0.2) is 0 Å². The number of benzene rings is 1. The molecule has 1 aromatic carbocycles. The van der Waals surface area contributed by atoms with Crippen molar-refractivity contribution in [1.29, 1.82) is 0 Å². The highest BCUT2D eigenvalue weighted by molar-refractivity contribution is 6.22. The number of hydrogen-bond acceptors (Lipinski definition) is 4. The molecule has 0 aromatic heterocycles. The van der Waals surface area contributed by atoms with E-state index in [1.807, 2.05) is 22.8 Å². The first-order chi connectivity index (χ1) is 12.5. The SMILES string of the molecule is CCCNC1=[N+](CCCc2ccccc2)C2C(=O)N(C)C(=O)N(C)C2=N1. The number of likely N-dealkylation sites (N-methyl/N-ethyl adjacent to an activating group) is 2. The van der Waals surface area contributed by atoms with Crippen LogP contribution < -0.4 is 5.32 Å². The van der Waals surface area contributed by atoms with Gasteiger partial charge in [0, 0.05) is 14.1 Å². The van der Waals surface area contributed by atoms with Crippen LogP contribution in [0.4, 0.5) is 4.79 Å². The lowest BCUT2D eigenvalue weighted by molar-refractivity contribution is -0.537. The van der Waals surface area contributed by atoms with Gasteiger partial charge in [0.2, 0.25) is 11.9 Å². The fourth-order valence-electron chi connectivity index (χ4n) is 3.31. The third-order valence-corrected chi connectivity index (χ3v) is 4.77. The molecule has 2 aliphatic rings. The van der Waals surface area contributed by atoms with E-state index >= 15 is 0 Å². The first-order valence-corrected chi connectivity index (χ1v) is 9.09. The van der Waals surface area contributed by atoms with Crippen molar-refractivity contribution >= 4 is 23.7 Å². The Hall–Kier alpha value is -2.70. The quantitative estimate of drug-likeness (QED) is 0.781. The van der Waals surface area contributed by atoms with Gasteiger partial charge in [-0.1, -0.05) is 42.2 Å². The lowest BCUT2D eigenvalue weighted by Gasteiger charge is -2.31. The molecule has 0 radical (unpaired) electrons. The number of carbonyl (C=O) groups excluding carboxylic acids is 2. The lowest BCUT2D eigenvalue weighted by atomic mass is 10.1. The molecule has 7 heteroatoms. The summed E-state index contributed by atoms with van der Waals surface area (Å²) in [6, 6.07) is 9.42. The largest absolute Gasteiger partial charge is 0.390 e. The molecule has 1 aromatic rings. The second-order valence-corrected chi connectivity index (χ2v) is 6.64. The number of nitrogens with zero attached hydrogens (tertiary/aromatic N) is 4. The molecule has 1 saturated heterocycles. The van der Waals surface area contributed by atoms with Crippen LogP contribution in [0.5, 0.6) is 0 Å². The zero-order valence-electron chi connectivity index (χ0n) is 15.6. The zero-order chi connectivity index (χ0) is 18.7. The van der Waals surface area contributed by atoms with Gasteiger partial charge in [-0.2, -0.15) is 0 Å². The average molecular weight is 356 g/mol. The van der Waals surface area contributed by atoms with Crippen molar-refractivity contribution < 1.29 is 14.2 Å². The number of rotatable bonds is 6. The van der Waals surface area contributed by atoms with Gasteiger partial charge in [0.05, 0.1) is 13.1 Å². The minimum atomic E-state index is -0.530. The van der Waals surface area contributed by atoms with E-state index in [2.05, 4.69) is 29.4 Å². The zero-order valence-corrected chi connectivity index (χ0v) is 15.6. The summed E-state index contributed by atoms with van der Waals surface area (Å²) in [4.78, 5) is 32.2. The Morgan fingerprint density at radius 3 is 2.58 bits per heavy atom. The maximum absolute atomic E-state index is 12.7. The van der Waals surface area contributed by atoms with Crippen LogP contribution >= 0.6 is 0 Å². The molecule has 3 rings (SSSR count). The highest BCUT2D eigenvalue weighted by atomic mass is 16.2. The molecular weight excluding hydrogens is 330 g/mol. The second-order valence-electron chi connectivity index (χ2n) is 6.64. The van der Waals surface area contributed by atoms with Crippen LogP contribution in [0.15, 0.2) is 35.3 Å². The highest BCUT2D eigenvalue weighted by Gasteiger charge is 2.51. The summed E-state index contributed by atoms with van der Waals surface area (Å²) < 4.78 is 2.00. The topological polar surface area (TPSA) is 68.0 Å². The molecule has 0 aliphatic carbocycles. The van der Waals surface area contributed by atoms with E-state index in [9.17, 15) is 9.59 Å². The van der Waals surface area contributed by atoms with Gasteiger partial charge < -0.3 is 0 Å². The lowest BCUT2D eigenvalue weighted by Crippen LogP contribution is -2.61. The summed E-state index contributed by atoms with van der Waals surface area (Å²) >= 11 is 0. The van der Waals surface area contributed by atoms with E-state index in [1.54, 1.807) is 7.05 Å².